The fourth-order valence-corrected chi connectivity index (χ4v) is 3.84. The Morgan fingerprint density at radius 2 is 2.04 bits per heavy atom. The molecule has 2 aliphatic rings. The van der Waals surface area contributed by atoms with Gasteiger partial charge in [0.2, 0.25) is 6.41 Å². The quantitative estimate of drug-likeness (QED) is 0.796. The largest absolute Gasteiger partial charge is 0.382 e. The van der Waals surface area contributed by atoms with Crippen LogP contribution < -0.4 is 5.32 Å². The number of carbonyl (C=O) groups excluding carboxylic acids is 1. The Labute approximate surface area is 143 Å². The van der Waals surface area contributed by atoms with E-state index in [0.29, 0.717) is 11.8 Å². The molecule has 0 radical (unpaired) electrons. The highest BCUT2D eigenvalue weighted by Crippen LogP contribution is 2.35. The number of hydrogen-bond acceptors (Lipinski definition) is 2. The first-order chi connectivity index (χ1) is 11.6. The number of hydrogen-bond donors (Lipinski definition) is 1. The van der Waals surface area contributed by atoms with Crippen LogP contribution in [0, 0.1) is 11.7 Å². The van der Waals surface area contributed by atoms with Crippen molar-refractivity contribution >= 4 is 6.41 Å². The third kappa shape index (κ3) is 3.63. The van der Waals surface area contributed by atoms with Gasteiger partial charge in [-0.25, -0.2) is 4.39 Å². The van der Waals surface area contributed by atoms with Crippen molar-refractivity contribution in [2.45, 2.75) is 51.0 Å². The Bertz CT molecular complexity index is 604. The normalized spacial score (nSPS) is 20.3. The third-order valence-corrected chi connectivity index (χ3v) is 5.63. The Morgan fingerprint density at radius 1 is 1.33 bits per heavy atom. The van der Waals surface area contributed by atoms with Crippen molar-refractivity contribution in [1.82, 2.24) is 10.2 Å². The molecule has 1 aromatic carbocycles. The summed E-state index contributed by atoms with van der Waals surface area (Å²) in [5, 5.41) is 3.50. The van der Waals surface area contributed by atoms with Crippen molar-refractivity contribution in [2.75, 3.05) is 13.1 Å². The first-order valence-corrected chi connectivity index (χ1v) is 9.02. The standard InChI is InChI=1S/C20H27FN2O/c1-14(16-4-3-5-16)22-15(2)20-12-18(21)6-7-19(20)17-8-10-23(13-24)11-9-17/h6-7,12-13,15-17,22H,1,3-5,8-11H2,2H3. The molecule has 4 heteroatoms. The van der Waals surface area contributed by atoms with Crippen LogP contribution in [0.4, 0.5) is 4.39 Å². The minimum atomic E-state index is -0.193. The molecule has 1 heterocycles. The van der Waals surface area contributed by atoms with Crippen molar-refractivity contribution in [2.24, 2.45) is 5.92 Å². The molecule has 1 aliphatic carbocycles. The van der Waals surface area contributed by atoms with Gasteiger partial charge >= 0.3 is 0 Å². The van der Waals surface area contributed by atoms with E-state index in [1.54, 1.807) is 12.1 Å². The number of allylic oxidation sites excluding steroid dienone is 1. The minimum Gasteiger partial charge on any atom is -0.382 e. The maximum absolute atomic E-state index is 13.9. The minimum absolute atomic E-state index is 0.0490. The summed E-state index contributed by atoms with van der Waals surface area (Å²) in [5.74, 6) is 0.764. The Hall–Kier alpha value is -1.84. The van der Waals surface area contributed by atoms with E-state index in [2.05, 4.69) is 18.8 Å². The fourth-order valence-electron chi connectivity index (χ4n) is 3.84. The van der Waals surface area contributed by atoms with Crippen LogP contribution in [0.5, 0.6) is 0 Å². The number of likely N-dealkylation sites (tertiary alicyclic amines) is 1. The van der Waals surface area contributed by atoms with Crippen LogP contribution >= 0.6 is 0 Å². The van der Waals surface area contributed by atoms with Crippen molar-refractivity contribution in [3.63, 3.8) is 0 Å². The average Bonchev–Trinajstić information content (AvgIpc) is 2.53. The van der Waals surface area contributed by atoms with Gasteiger partial charge in [-0.15, -0.1) is 0 Å². The molecule has 1 aliphatic heterocycles. The van der Waals surface area contributed by atoms with Crippen LogP contribution in [-0.2, 0) is 4.79 Å². The second-order valence-corrected chi connectivity index (χ2v) is 7.21. The van der Waals surface area contributed by atoms with E-state index in [0.717, 1.165) is 43.6 Å². The molecule has 1 unspecified atom stereocenters. The predicted octanol–water partition coefficient (Wildman–Crippen LogP) is 4.13. The molecule has 0 bridgehead atoms. The molecule has 24 heavy (non-hydrogen) atoms. The second-order valence-electron chi connectivity index (χ2n) is 7.21. The van der Waals surface area contributed by atoms with Gasteiger partial charge in [0, 0.05) is 24.8 Å². The van der Waals surface area contributed by atoms with Crippen LogP contribution in [0.25, 0.3) is 0 Å². The number of halogens is 1. The van der Waals surface area contributed by atoms with Gasteiger partial charge in [-0.1, -0.05) is 19.1 Å². The molecular weight excluding hydrogens is 303 g/mol. The van der Waals surface area contributed by atoms with E-state index in [4.69, 9.17) is 0 Å². The number of rotatable bonds is 6. The van der Waals surface area contributed by atoms with E-state index in [1.165, 1.54) is 24.8 Å². The van der Waals surface area contributed by atoms with Gasteiger partial charge in [-0.2, -0.15) is 0 Å². The van der Waals surface area contributed by atoms with Gasteiger partial charge in [0.15, 0.2) is 0 Å². The molecule has 1 saturated carbocycles. The van der Waals surface area contributed by atoms with Gasteiger partial charge < -0.3 is 10.2 Å². The monoisotopic (exact) mass is 330 g/mol. The molecule has 1 saturated heterocycles. The molecule has 1 N–H and O–H groups in total. The van der Waals surface area contributed by atoms with Crippen molar-refractivity contribution in [3.8, 4) is 0 Å². The summed E-state index contributed by atoms with van der Waals surface area (Å²) < 4.78 is 13.9. The molecule has 2 fully saturated rings. The molecule has 1 atom stereocenters. The zero-order chi connectivity index (χ0) is 17.1. The van der Waals surface area contributed by atoms with Crippen molar-refractivity contribution in [3.05, 3.63) is 47.4 Å². The topological polar surface area (TPSA) is 32.3 Å². The summed E-state index contributed by atoms with van der Waals surface area (Å²) in [6.45, 7) is 7.82. The lowest BCUT2D eigenvalue weighted by Gasteiger charge is -2.33. The molecule has 0 aromatic heterocycles. The molecular formula is C20H27FN2O. The zero-order valence-electron chi connectivity index (χ0n) is 14.4. The van der Waals surface area contributed by atoms with Crippen molar-refractivity contribution in [1.29, 1.82) is 0 Å². The van der Waals surface area contributed by atoms with E-state index >= 15 is 0 Å². The van der Waals surface area contributed by atoms with Gasteiger partial charge in [0.25, 0.3) is 0 Å². The highest BCUT2D eigenvalue weighted by atomic mass is 19.1. The molecule has 3 nitrogen and oxygen atoms in total. The molecule has 1 aromatic rings. The second kappa shape index (κ2) is 7.37. The lowest BCUT2D eigenvalue weighted by atomic mass is 9.82. The Balaban J connectivity index is 1.75. The number of benzene rings is 1. The summed E-state index contributed by atoms with van der Waals surface area (Å²) in [4.78, 5) is 12.7. The maximum atomic E-state index is 13.9. The summed E-state index contributed by atoms with van der Waals surface area (Å²) in [7, 11) is 0. The number of amides is 1. The summed E-state index contributed by atoms with van der Waals surface area (Å²) in [5.41, 5.74) is 3.32. The van der Waals surface area contributed by atoms with E-state index in [1.807, 2.05) is 11.0 Å². The van der Waals surface area contributed by atoms with E-state index in [9.17, 15) is 9.18 Å². The van der Waals surface area contributed by atoms with Crippen LogP contribution in [0.3, 0.4) is 0 Å². The van der Waals surface area contributed by atoms with Crippen LogP contribution in [-0.4, -0.2) is 24.4 Å². The molecule has 3 rings (SSSR count). The predicted molar refractivity (Wildman–Crippen MR) is 94.0 cm³/mol. The van der Waals surface area contributed by atoms with Crippen LogP contribution in [0.2, 0.25) is 0 Å². The van der Waals surface area contributed by atoms with Crippen LogP contribution in [0.15, 0.2) is 30.5 Å². The SMILES string of the molecule is C=C(NC(C)c1cc(F)ccc1C1CCN(C=O)CC1)C1CCC1. The lowest BCUT2D eigenvalue weighted by molar-refractivity contribution is -0.119. The zero-order valence-corrected chi connectivity index (χ0v) is 14.4. The highest BCUT2D eigenvalue weighted by molar-refractivity contribution is 5.47. The van der Waals surface area contributed by atoms with Gasteiger partial charge in [-0.05, 0) is 67.7 Å². The smallest absolute Gasteiger partial charge is 0.209 e. The Kier molecular flexibility index (Phi) is 5.22. The van der Waals surface area contributed by atoms with E-state index < -0.39 is 0 Å². The molecule has 1 amide bonds. The van der Waals surface area contributed by atoms with Gasteiger partial charge in [-0.3, -0.25) is 4.79 Å². The first kappa shape index (κ1) is 17.0. The number of piperidine rings is 1. The summed E-state index contributed by atoms with van der Waals surface area (Å²) in [6, 6.07) is 5.19. The van der Waals surface area contributed by atoms with Crippen molar-refractivity contribution < 1.29 is 9.18 Å². The number of carbonyl (C=O) groups is 1. The summed E-state index contributed by atoms with van der Waals surface area (Å²) in [6.07, 6.45) is 6.49. The number of nitrogens with one attached hydrogen (secondary N) is 1. The maximum Gasteiger partial charge on any atom is 0.209 e. The van der Waals surface area contributed by atoms with Gasteiger partial charge in [0.05, 0.1) is 0 Å². The summed E-state index contributed by atoms with van der Waals surface area (Å²) >= 11 is 0. The van der Waals surface area contributed by atoms with Gasteiger partial charge in [0.1, 0.15) is 5.82 Å². The lowest BCUT2D eigenvalue weighted by Crippen LogP contribution is -2.32. The molecule has 0 spiro atoms. The number of nitrogens with zero attached hydrogens (tertiary/aromatic N) is 1. The fraction of sp³-hybridized carbons (Fsp3) is 0.550. The van der Waals surface area contributed by atoms with E-state index in [-0.39, 0.29) is 11.9 Å². The average molecular weight is 330 g/mol. The third-order valence-electron chi connectivity index (χ3n) is 5.63. The first-order valence-electron chi connectivity index (χ1n) is 9.02. The highest BCUT2D eigenvalue weighted by Gasteiger charge is 2.26. The molecule has 130 valence electrons. The van der Waals surface area contributed by atoms with Crippen LogP contribution in [0.1, 0.15) is 62.1 Å². The Morgan fingerprint density at radius 3 is 2.62 bits per heavy atom.